The first kappa shape index (κ1) is 9.80. The maximum atomic E-state index is 11.6. The number of carbonyl (C=O) groups is 2. The van der Waals surface area contributed by atoms with Crippen molar-refractivity contribution in [2.24, 2.45) is 0 Å². The first-order chi connectivity index (χ1) is 7.18. The Bertz CT molecular complexity index is 431. The molecule has 2 rings (SSSR count). The number of ketones is 2. The number of carbonyl (C=O) groups excluding carboxylic acids is 2. The van der Waals surface area contributed by atoms with Gasteiger partial charge in [-0.15, -0.1) is 0 Å². The van der Waals surface area contributed by atoms with Crippen LogP contribution in [0.4, 0.5) is 0 Å². The maximum absolute atomic E-state index is 11.6. The molecule has 0 radical (unpaired) electrons. The van der Waals surface area contributed by atoms with E-state index in [0.29, 0.717) is 5.57 Å². The topological polar surface area (TPSA) is 54.4 Å². The average molecular weight is 202 g/mol. The van der Waals surface area contributed by atoms with E-state index in [1.165, 1.54) is 6.08 Å². The van der Waals surface area contributed by atoms with Gasteiger partial charge in [-0.25, -0.2) is 0 Å². The van der Waals surface area contributed by atoms with Gasteiger partial charge in [0.2, 0.25) is 0 Å². The normalized spacial score (nSPS) is 21.4. The molecular formula is C12H10O3. The average Bonchev–Trinajstić information content (AvgIpc) is 2.25. The molecule has 0 unspecified atom stereocenters. The number of hydrogen-bond acceptors (Lipinski definition) is 3. The number of hydrogen-bond donors (Lipinski definition) is 1. The molecule has 1 atom stereocenters. The molecular weight excluding hydrogens is 192 g/mol. The number of aliphatic hydroxyl groups is 1. The maximum Gasteiger partial charge on any atom is 0.185 e. The Hall–Kier alpha value is -1.74. The zero-order valence-electron chi connectivity index (χ0n) is 8.01. The number of Topliss-reactive ketones (excluding diaryl/α,β-unsaturated/α-hetero) is 1. The minimum atomic E-state index is -1.16. The van der Waals surface area contributed by atoms with Crippen LogP contribution in [0.3, 0.4) is 0 Å². The summed E-state index contributed by atoms with van der Waals surface area (Å²) in [5.41, 5.74) is 1.12. The SMILES string of the molecule is O=C1C[C@@H](O)C(=O)C=C1c1ccccc1. The molecule has 1 aliphatic carbocycles. The third kappa shape index (κ3) is 1.87. The molecule has 3 heteroatoms. The van der Waals surface area contributed by atoms with Crippen LogP contribution in [0, 0.1) is 0 Å². The molecule has 0 saturated carbocycles. The number of allylic oxidation sites excluding steroid dienone is 1. The van der Waals surface area contributed by atoms with Crippen LogP contribution in [-0.4, -0.2) is 22.8 Å². The fraction of sp³-hybridized carbons (Fsp3) is 0.167. The van der Waals surface area contributed by atoms with E-state index in [4.69, 9.17) is 0 Å². The summed E-state index contributed by atoms with van der Waals surface area (Å²) >= 11 is 0. The van der Waals surface area contributed by atoms with Crippen molar-refractivity contribution in [3.8, 4) is 0 Å². The lowest BCUT2D eigenvalue weighted by atomic mass is 9.90. The summed E-state index contributed by atoms with van der Waals surface area (Å²) in [7, 11) is 0. The molecule has 1 N–H and O–H groups in total. The van der Waals surface area contributed by atoms with Crippen LogP contribution in [-0.2, 0) is 9.59 Å². The van der Waals surface area contributed by atoms with E-state index < -0.39 is 11.9 Å². The zero-order valence-corrected chi connectivity index (χ0v) is 8.01. The summed E-state index contributed by atoms with van der Waals surface area (Å²) in [5, 5.41) is 9.20. The highest BCUT2D eigenvalue weighted by Gasteiger charge is 2.26. The predicted molar refractivity (Wildman–Crippen MR) is 55.1 cm³/mol. The van der Waals surface area contributed by atoms with Crippen molar-refractivity contribution < 1.29 is 14.7 Å². The summed E-state index contributed by atoms with van der Waals surface area (Å²) in [6.07, 6.45) is -0.0456. The molecule has 0 saturated heterocycles. The lowest BCUT2D eigenvalue weighted by molar-refractivity contribution is -0.128. The van der Waals surface area contributed by atoms with Crippen LogP contribution >= 0.6 is 0 Å². The van der Waals surface area contributed by atoms with Crippen molar-refractivity contribution in [1.29, 1.82) is 0 Å². The summed E-state index contributed by atoms with van der Waals surface area (Å²) in [6.45, 7) is 0. The van der Waals surface area contributed by atoms with Crippen LogP contribution in [0.5, 0.6) is 0 Å². The number of benzene rings is 1. The molecule has 15 heavy (non-hydrogen) atoms. The van der Waals surface area contributed by atoms with Gasteiger partial charge >= 0.3 is 0 Å². The van der Waals surface area contributed by atoms with Crippen molar-refractivity contribution in [1.82, 2.24) is 0 Å². The van der Waals surface area contributed by atoms with Gasteiger partial charge < -0.3 is 5.11 Å². The Morgan fingerprint density at radius 1 is 1.13 bits per heavy atom. The lowest BCUT2D eigenvalue weighted by Gasteiger charge is -2.15. The van der Waals surface area contributed by atoms with Crippen LogP contribution in [0.25, 0.3) is 5.57 Å². The Labute approximate surface area is 87.0 Å². The zero-order chi connectivity index (χ0) is 10.8. The third-order valence-corrected chi connectivity index (χ3v) is 2.38. The highest BCUT2D eigenvalue weighted by molar-refractivity contribution is 6.28. The van der Waals surface area contributed by atoms with Crippen molar-refractivity contribution in [3.05, 3.63) is 42.0 Å². The standard InChI is InChI=1S/C12H10O3/c13-10-7-12(15)11(14)6-9(10)8-4-2-1-3-5-8/h1-6,12,15H,7H2/t12-/m1/s1. The van der Waals surface area contributed by atoms with Gasteiger partial charge in [-0.1, -0.05) is 30.3 Å². The Kier molecular flexibility index (Phi) is 2.47. The highest BCUT2D eigenvalue weighted by atomic mass is 16.3. The molecule has 76 valence electrons. The van der Waals surface area contributed by atoms with Crippen LogP contribution in [0.1, 0.15) is 12.0 Å². The van der Waals surface area contributed by atoms with Crippen molar-refractivity contribution in [2.75, 3.05) is 0 Å². The molecule has 0 aromatic heterocycles. The predicted octanol–water partition coefficient (Wildman–Crippen LogP) is 0.973. The van der Waals surface area contributed by atoms with Crippen LogP contribution in [0.2, 0.25) is 0 Å². The molecule has 0 amide bonds. The summed E-state index contributed by atoms with van der Waals surface area (Å²) < 4.78 is 0. The van der Waals surface area contributed by atoms with Crippen molar-refractivity contribution in [3.63, 3.8) is 0 Å². The van der Waals surface area contributed by atoms with E-state index in [-0.39, 0.29) is 12.2 Å². The van der Waals surface area contributed by atoms with E-state index in [2.05, 4.69) is 0 Å². The molecule has 0 fully saturated rings. The van der Waals surface area contributed by atoms with Gasteiger partial charge in [-0.3, -0.25) is 9.59 Å². The minimum absolute atomic E-state index is 0.112. The number of aliphatic hydroxyl groups excluding tert-OH is 1. The lowest BCUT2D eigenvalue weighted by Crippen LogP contribution is -2.27. The second kappa shape index (κ2) is 3.79. The van der Waals surface area contributed by atoms with Crippen molar-refractivity contribution in [2.45, 2.75) is 12.5 Å². The van der Waals surface area contributed by atoms with E-state index >= 15 is 0 Å². The van der Waals surface area contributed by atoms with Gasteiger partial charge in [0.15, 0.2) is 11.6 Å². The van der Waals surface area contributed by atoms with Crippen LogP contribution < -0.4 is 0 Å². The molecule has 1 aromatic rings. The molecule has 0 bridgehead atoms. The van der Waals surface area contributed by atoms with Gasteiger partial charge in [-0.2, -0.15) is 0 Å². The largest absolute Gasteiger partial charge is 0.384 e. The van der Waals surface area contributed by atoms with Crippen molar-refractivity contribution >= 4 is 17.1 Å². The highest BCUT2D eigenvalue weighted by Crippen LogP contribution is 2.22. The first-order valence-electron chi connectivity index (χ1n) is 4.70. The second-order valence-electron chi connectivity index (χ2n) is 3.47. The Morgan fingerprint density at radius 3 is 2.47 bits per heavy atom. The van der Waals surface area contributed by atoms with Gasteiger partial charge in [0.25, 0.3) is 0 Å². The van der Waals surface area contributed by atoms with Gasteiger partial charge in [0, 0.05) is 12.0 Å². The Morgan fingerprint density at radius 2 is 1.80 bits per heavy atom. The van der Waals surface area contributed by atoms with E-state index in [1.807, 2.05) is 6.07 Å². The van der Waals surface area contributed by atoms with Gasteiger partial charge in [0.05, 0.1) is 0 Å². The molecule has 3 nitrogen and oxygen atoms in total. The third-order valence-electron chi connectivity index (χ3n) is 2.38. The van der Waals surface area contributed by atoms with Gasteiger partial charge in [-0.05, 0) is 11.6 Å². The fourth-order valence-electron chi connectivity index (χ4n) is 1.57. The molecule has 1 aliphatic rings. The first-order valence-corrected chi connectivity index (χ1v) is 4.70. The molecule has 0 aliphatic heterocycles. The second-order valence-corrected chi connectivity index (χ2v) is 3.47. The minimum Gasteiger partial charge on any atom is -0.384 e. The van der Waals surface area contributed by atoms with Gasteiger partial charge in [0.1, 0.15) is 6.10 Å². The van der Waals surface area contributed by atoms with E-state index in [1.54, 1.807) is 24.3 Å². The molecule has 0 spiro atoms. The number of rotatable bonds is 1. The van der Waals surface area contributed by atoms with E-state index in [9.17, 15) is 14.7 Å². The van der Waals surface area contributed by atoms with Crippen LogP contribution in [0.15, 0.2) is 36.4 Å². The molecule has 1 aromatic carbocycles. The van der Waals surface area contributed by atoms with E-state index in [0.717, 1.165) is 5.56 Å². The quantitative estimate of drug-likeness (QED) is 0.738. The smallest absolute Gasteiger partial charge is 0.185 e. The monoisotopic (exact) mass is 202 g/mol. The summed E-state index contributed by atoms with van der Waals surface area (Å²) in [5.74, 6) is -0.582. The Balaban J connectivity index is 2.42. The fourth-order valence-corrected chi connectivity index (χ4v) is 1.57. The summed E-state index contributed by atoms with van der Waals surface area (Å²) in [4.78, 5) is 22.8. The molecule has 0 heterocycles. The summed E-state index contributed by atoms with van der Waals surface area (Å²) in [6, 6.07) is 9.00.